The van der Waals surface area contributed by atoms with Crippen molar-refractivity contribution >= 4 is 45.2 Å². The Labute approximate surface area is 249 Å². The van der Waals surface area contributed by atoms with Crippen LogP contribution in [0, 0.1) is 0 Å². The van der Waals surface area contributed by atoms with Gasteiger partial charge in [-0.2, -0.15) is 0 Å². The fourth-order valence-electron chi connectivity index (χ4n) is 4.97. The molecule has 2 aliphatic rings. The normalized spacial score (nSPS) is 16.8. The zero-order valence-corrected chi connectivity index (χ0v) is 25.4. The first-order chi connectivity index (χ1) is 19.8. The maximum Gasteiger partial charge on any atom is 0.338 e. The summed E-state index contributed by atoms with van der Waals surface area (Å²) in [4.78, 5) is 46.1. The topological polar surface area (TPSA) is 99.4 Å². The molecule has 1 atom stereocenters. The summed E-state index contributed by atoms with van der Waals surface area (Å²) in [5.74, 6) is 0.686. The smallest absolute Gasteiger partial charge is 0.338 e. The molecule has 1 amide bonds. The van der Waals surface area contributed by atoms with E-state index in [1.807, 2.05) is 29.2 Å². The minimum atomic E-state index is -0.724. The van der Waals surface area contributed by atoms with Crippen LogP contribution < -0.4 is 24.4 Å². The van der Waals surface area contributed by atoms with Crippen LogP contribution in [0.5, 0.6) is 11.5 Å². The number of benzene rings is 2. The molecule has 1 saturated heterocycles. The van der Waals surface area contributed by atoms with Gasteiger partial charge in [0.15, 0.2) is 11.4 Å². The number of halogens is 1. The largest absolute Gasteiger partial charge is 0.496 e. The molecule has 5 rings (SSSR count). The summed E-state index contributed by atoms with van der Waals surface area (Å²) in [5.41, 5.74) is 2.05. The number of thiazole rings is 1. The molecule has 11 heteroatoms. The average Bonchev–Trinajstić information content (AvgIpc) is 3.60. The van der Waals surface area contributed by atoms with Gasteiger partial charge in [0.1, 0.15) is 11.5 Å². The summed E-state index contributed by atoms with van der Waals surface area (Å²) in [5, 5.41) is 0. The third-order valence-electron chi connectivity index (χ3n) is 7.01. The molecule has 1 aromatic heterocycles. The van der Waals surface area contributed by atoms with Crippen LogP contribution in [-0.2, 0) is 14.3 Å². The Kier molecular flexibility index (Phi) is 8.74. The van der Waals surface area contributed by atoms with Crippen molar-refractivity contribution in [1.82, 2.24) is 9.47 Å². The lowest BCUT2D eigenvalue weighted by Gasteiger charge is -2.25. The fraction of sp³-hybridized carbons (Fsp3) is 0.333. The van der Waals surface area contributed by atoms with Crippen LogP contribution in [0.25, 0.3) is 6.08 Å². The lowest BCUT2D eigenvalue weighted by atomic mass is 9.96. The summed E-state index contributed by atoms with van der Waals surface area (Å²) < 4.78 is 19.1. The van der Waals surface area contributed by atoms with Crippen molar-refractivity contribution in [2.45, 2.75) is 32.7 Å². The van der Waals surface area contributed by atoms with E-state index in [1.165, 1.54) is 11.3 Å². The summed E-state index contributed by atoms with van der Waals surface area (Å²) >= 11 is 4.78. The van der Waals surface area contributed by atoms with Gasteiger partial charge in [-0.15, -0.1) is 0 Å². The summed E-state index contributed by atoms with van der Waals surface area (Å²) in [6, 6.07) is 12.0. The predicted octanol–water partition coefficient (Wildman–Crippen LogP) is 3.57. The van der Waals surface area contributed by atoms with Gasteiger partial charge >= 0.3 is 5.97 Å². The third-order valence-corrected chi connectivity index (χ3v) is 8.61. The van der Waals surface area contributed by atoms with Crippen LogP contribution in [-0.4, -0.2) is 54.8 Å². The van der Waals surface area contributed by atoms with Crippen LogP contribution in [0.2, 0.25) is 0 Å². The number of amides is 1. The summed E-state index contributed by atoms with van der Waals surface area (Å²) in [6.45, 7) is 5.27. The molecule has 1 fully saturated rings. The SMILES string of the molecule is CCOC(=O)C1=C(C)N=c2s/c(=C/c3ccc(OCC(=O)N4CCCC4)cc3)c(=O)n2[C@H]1c1ccc(OC)c(Br)c1. The maximum atomic E-state index is 13.8. The van der Waals surface area contributed by atoms with Gasteiger partial charge in [-0.3, -0.25) is 14.2 Å². The number of nitrogens with zero attached hydrogens (tertiary/aromatic N) is 3. The highest BCUT2D eigenvalue weighted by Gasteiger charge is 2.33. The molecule has 0 aliphatic carbocycles. The molecule has 41 heavy (non-hydrogen) atoms. The van der Waals surface area contributed by atoms with E-state index in [0.29, 0.717) is 42.1 Å². The molecule has 0 radical (unpaired) electrons. The molecule has 2 aromatic carbocycles. The first-order valence-electron chi connectivity index (χ1n) is 13.3. The molecule has 0 bridgehead atoms. The van der Waals surface area contributed by atoms with Crippen molar-refractivity contribution in [3.05, 3.63) is 89.0 Å². The van der Waals surface area contributed by atoms with Gasteiger partial charge in [0.2, 0.25) is 0 Å². The van der Waals surface area contributed by atoms with Gasteiger partial charge in [0, 0.05) is 13.1 Å². The van der Waals surface area contributed by atoms with Crippen molar-refractivity contribution in [3.8, 4) is 11.5 Å². The molecule has 3 heterocycles. The first-order valence-corrected chi connectivity index (χ1v) is 15.0. The Morgan fingerprint density at radius 1 is 1.15 bits per heavy atom. The standard InChI is InChI=1S/C30H30BrN3O6S/c1-4-39-29(37)26-18(2)32-30-34(27(26)20-9-12-23(38-3)22(31)16-20)28(36)24(41-30)15-19-7-10-21(11-8-19)40-17-25(35)33-13-5-6-14-33/h7-12,15-16,27H,4-6,13-14,17H2,1-3H3/b24-15+/t27-/m0/s1. The van der Waals surface area contributed by atoms with Crippen LogP contribution in [0.1, 0.15) is 43.9 Å². The monoisotopic (exact) mass is 639 g/mol. The van der Waals surface area contributed by atoms with E-state index in [4.69, 9.17) is 14.2 Å². The molecule has 214 valence electrons. The zero-order chi connectivity index (χ0) is 29.1. The number of rotatable bonds is 8. The van der Waals surface area contributed by atoms with Crippen LogP contribution in [0.3, 0.4) is 0 Å². The number of carbonyl (C=O) groups is 2. The number of likely N-dealkylation sites (tertiary alicyclic amines) is 1. The lowest BCUT2D eigenvalue weighted by Crippen LogP contribution is -2.39. The molecular formula is C30H30BrN3O6S. The fourth-order valence-corrected chi connectivity index (χ4v) is 6.58. The Morgan fingerprint density at radius 3 is 2.54 bits per heavy atom. The van der Waals surface area contributed by atoms with E-state index in [2.05, 4.69) is 20.9 Å². The van der Waals surface area contributed by atoms with E-state index in [9.17, 15) is 14.4 Å². The second-order valence-electron chi connectivity index (χ2n) is 9.64. The molecule has 0 spiro atoms. The number of carbonyl (C=O) groups excluding carboxylic acids is 2. The number of ether oxygens (including phenoxy) is 3. The Bertz CT molecular complexity index is 1690. The second-order valence-corrected chi connectivity index (χ2v) is 11.5. The highest BCUT2D eigenvalue weighted by Crippen LogP contribution is 2.35. The first kappa shape index (κ1) is 28.8. The number of methoxy groups -OCH3 is 1. The number of aromatic nitrogens is 1. The molecule has 3 aromatic rings. The van der Waals surface area contributed by atoms with Crippen molar-refractivity contribution in [2.75, 3.05) is 33.4 Å². The molecule has 2 aliphatic heterocycles. The Morgan fingerprint density at radius 2 is 1.88 bits per heavy atom. The van der Waals surface area contributed by atoms with Crippen molar-refractivity contribution in [1.29, 1.82) is 0 Å². The van der Waals surface area contributed by atoms with E-state index in [-0.39, 0.29) is 24.7 Å². The quantitative estimate of drug-likeness (QED) is 0.350. The van der Waals surface area contributed by atoms with Crippen molar-refractivity contribution in [2.24, 2.45) is 4.99 Å². The molecule has 9 nitrogen and oxygen atoms in total. The van der Waals surface area contributed by atoms with E-state index >= 15 is 0 Å². The number of esters is 1. The minimum absolute atomic E-state index is 0.00156. The van der Waals surface area contributed by atoms with Gasteiger partial charge in [0.05, 0.1) is 40.0 Å². The van der Waals surface area contributed by atoms with Crippen molar-refractivity contribution in [3.63, 3.8) is 0 Å². The third kappa shape index (κ3) is 6.01. The Hall–Kier alpha value is -3.70. The number of fused-ring (bicyclic) bond motifs is 1. The van der Waals surface area contributed by atoms with Crippen LogP contribution in [0.15, 0.2) is 68.0 Å². The van der Waals surface area contributed by atoms with Crippen LogP contribution >= 0.6 is 27.3 Å². The second kappa shape index (κ2) is 12.4. The van der Waals surface area contributed by atoms with E-state index < -0.39 is 12.0 Å². The van der Waals surface area contributed by atoms with E-state index in [0.717, 1.165) is 31.5 Å². The van der Waals surface area contributed by atoms with Gasteiger partial charge in [0.25, 0.3) is 11.5 Å². The molecular weight excluding hydrogens is 610 g/mol. The van der Waals surface area contributed by atoms with Gasteiger partial charge in [-0.25, -0.2) is 9.79 Å². The summed E-state index contributed by atoms with van der Waals surface area (Å²) in [6.07, 6.45) is 3.86. The highest BCUT2D eigenvalue weighted by molar-refractivity contribution is 9.10. The zero-order valence-electron chi connectivity index (χ0n) is 23.0. The maximum absolute atomic E-state index is 13.8. The number of hydrogen-bond acceptors (Lipinski definition) is 8. The number of allylic oxidation sites excluding steroid dienone is 1. The number of hydrogen-bond donors (Lipinski definition) is 0. The minimum Gasteiger partial charge on any atom is -0.496 e. The average molecular weight is 641 g/mol. The van der Waals surface area contributed by atoms with Gasteiger partial charge in [-0.05, 0) is 84.1 Å². The lowest BCUT2D eigenvalue weighted by molar-refractivity contribution is -0.139. The summed E-state index contributed by atoms with van der Waals surface area (Å²) in [7, 11) is 1.57. The molecule has 0 N–H and O–H groups in total. The van der Waals surface area contributed by atoms with Crippen LogP contribution in [0.4, 0.5) is 0 Å². The van der Waals surface area contributed by atoms with Gasteiger partial charge < -0.3 is 19.1 Å². The van der Waals surface area contributed by atoms with Crippen molar-refractivity contribution < 1.29 is 23.8 Å². The predicted molar refractivity (Wildman–Crippen MR) is 159 cm³/mol. The van der Waals surface area contributed by atoms with E-state index in [1.54, 1.807) is 49.8 Å². The molecule has 0 saturated carbocycles. The molecule has 0 unspecified atom stereocenters. The van der Waals surface area contributed by atoms with Gasteiger partial charge in [-0.1, -0.05) is 29.5 Å². The highest BCUT2D eigenvalue weighted by atomic mass is 79.9. The Balaban J connectivity index is 1.48.